The van der Waals surface area contributed by atoms with Crippen molar-refractivity contribution in [2.45, 2.75) is 6.42 Å². The number of carbonyl (C=O) groups is 3. The molecule has 1 aliphatic heterocycles. The maximum absolute atomic E-state index is 11.7. The van der Waals surface area contributed by atoms with Crippen LogP contribution in [-0.4, -0.2) is 47.4 Å². The normalized spacial score (nSPS) is 14.5. The number of likely N-dealkylation sites (tertiary alicyclic amines) is 1. The summed E-state index contributed by atoms with van der Waals surface area (Å²) >= 11 is 0. The van der Waals surface area contributed by atoms with Crippen LogP contribution < -0.4 is 5.32 Å². The minimum Gasteiger partial charge on any atom is -0.481 e. The van der Waals surface area contributed by atoms with Gasteiger partial charge in [-0.2, -0.15) is 0 Å². The first-order chi connectivity index (χ1) is 9.58. The lowest BCUT2D eigenvalue weighted by Gasteiger charge is -2.36. The Morgan fingerprint density at radius 1 is 1.20 bits per heavy atom. The van der Waals surface area contributed by atoms with E-state index in [1.165, 1.54) is 4.90 Å². The molecule has 20 heavy (non-hydrogen) atoms. The molecule has 1 heterocycles. The molecule has 0 saturated carbocycles. The van der Waals surface area contributed by atoms with Crippen molar-refractivity contribution in [2.24, 2.45) is 5.92 Å². The van der Waals surface area contributed by atoms with E-state index in [2.05, 4.69) is 5.32 Å². The average Bonchev–Trinajstić information content (AvgIpc) is 2.37. The van der Waals surface area contributed by atoms with Crippen LogP contribution in [0.1, 0.15) is 16.8 Å². The number of nitrogens with zero attached hydrogens (tertiary/aromatic N) is 1. The zero-order chi connectivity index (χ0) is 14.5. The Labute approximate surface area is 116 Å². The van der Waals surface area contributed by atoms with Gasteiger partial charge in [0, 0.05) is 31.6 Å². The third-order valence-electron chi connectivity index (χ3n) is 3.24. The van der Waals surface area contributed by atoms with Crippen molar-refractivity contribution >= 4 is 17.8 Å². The van der Waals surface area contributed by atoms with Gasteiger partial charge in [-0.15, -0.1) is 0 Å². The van der Waals surface area contributed by atoms with Crippen molar-refractivity contribution in [1.82, 2.24) is 10.2 Å². The highest BCUT2D eigenvalue weighted by Gasteiger charge is 2.35. The number of carbonyl (C=O) groups excluding carboxylic acids is 2. The average molecular weight is 276 g/mol. The molecule has 6 heteroatoms. The van der Waals surface area contributed by atoms with E-state index in [1.807, 2.05) is 6.07 Å². The Bertz CT molecular complexity index is 509. The first kappa shape index (κ1) is 14.0. The summed E-state index contributed by atoms with van der Waals surface area (Å²) in [6.45, 7) is 0.780. The molecule has 0 atom stereocenters. The second kappa shape index (κ2) is 6.18. The van der Waals surface area contributed by atoms with Gasteiger partial charge in [0.25, 0.3) is 5.91 Å². The maximum Gasteiger partial charge on any atom is 0.310 e. The van der Waals surface area contributed by atoms with E-state index in [9.17, 15) is 14.4 Å². The number of benzene rings is 1. The molecule has 1 fully saturated rings. The molecule has 0 aliphatic carbocycles. The molecule has 1 saturated heterocycles. The minimum atomic E-state index is -0.869. The summed E-state index contributed by atoms with van der Waals surface area (Å²) in [4.78, 5) is 35.5. The standard InChI is InChI=1S/C14H16N2O4/c17-12(16-8-11(9-16)14(19)20)6-7-15-13(18)10-4-2-1-3-5-10/h1-5,11H,6-9H2,(H,15,18)(H,19,20). The van der Waals surface area contributed by atoms with Gasteiger partial charge >= 0.3 is 5.97 Å². The van der Waals surface area contributed by atoms with E-state index in [-0.39, 0.29) is 37.9 Å². The van der Waals surface area contributed by atoms with E-state index < -0.39 is 11.9 Å². The Morgan fingerprint density at radius 2 is 1.85 bits per heavy atom. The third-order valence-corrected chi connectivity index (χ3v) is 3.24. The number of aliphatic carboxylic acids is 1. The van der Waals surface area contributed by atoms with E-state index in [0.29, 0.717) is 5.56 Å². The molecule has 0 bridgehead atoms. The van der Waals surface area contributed by atoms with E-state index in [0.717, 1.165) is 0 Å². The van der Waals surface area contributed by atoms with Gasteiger partial charge in [0.05, 0.1) is 5.92 Å². The molecular formula is C14H16N2O4. The summed E-state index contributed by atoms with van der Waals surface area (Å²) in [7, 11) is 0. The molecule has 0 aromatic heterocycles. The number of carboxylic acid groups (broad SMARTS) is 1. The van der Waals surface area contributed by atoms with Crippen LogP contribution >= 0.6 is 0 Å². The first-order valence-corrected chi connectivity index (χ1v) is 6.42. The smallest absolute Gasteiger partial charge is 0.310 e. The minimum absolute atomic E-state index is 0.129. The van der Waals surface area contributed by atoms with Crippen molar-refractivity contribution < 1.29 is 19.5 Å². The molecule has 1 aromatic carbocycles. The fourth-order valence-electron chi connectivity index (χ4n) is 1.97. The molecule has 0 spiro atoms. The molecule has 2 N–H and O–H groups in total. The van der Waals surface area contributed by atoms with E-state index >= 15 is 0 Å². The second-order valence-electron chi connectivity index (χ2n) is 4.71. The fraction of sp³-hybridized carbons (Fsp3) is 0.357. The fourth-order valence-corrected chi connectivity index (χ4v) is 1.97. The van der Waals surface area contributed by atoms with Crippen LogP contribution in [0.5, 0.6) is 0 Å². The zero-order valence-corrected chi connectivity index (χ0v) is 10.9. The topological polar surface area (TPSA) is 86.7 Å². The van der Waals surface area contributed by atoms with Crippen LogP contribution in [0.15, 0.2) is 30.3 Å². The number of carboxylic acids is 1. The molecule has 1 aromatic rings. The summed E-state index contributed by atoms with van der Waals surface area (Å²) in [5.41, 5.74) is 0.551. The van der Waals surface area contributed by atoms with Gasteiger partial charge in [0.1, 0.15) is 0 Å². The quantitative estimate of drug-likeness (QED) is 0.812. The SMILES string of the molecule is O=C(NCCC(=O)N1CC(C(=O)O)C1)c1ccccc1. The van der Waals surface area contributed by atoms with Gasteiger partial charge < -0.3 is 15.3 Å². The lowest BCUT2D eigenvalue weighted by atomic mass is 10.0. The molecular weight excluding hydrogens is 260 g/mol. The lowest BCUT2D eigenvalue weighted by molar-refractivity contribution is -0.152. The van der Waals surface area contributed by atoms with Crippen LogP contribution in [0.3, 0.4) is 0 Å². The van der Waals surface area contributed by atoms with Crippen molar-refractivity contribution in [3.63, 3.8) is 0 Å². The summed E-state index contributed by atoms with van der Waals surface area (Å²) in [5, 5.41) is 11.4. The Kier molecular flexibility index (Phi) is 4.34. The number of rotatable bonds is 5. The molecule has 2 amide bonds. The van der Waals surface area contributed by atoms with Crippen LogP contribution in [0.25, 0.3) is 0 Å². The molecule has 1 aliphatic rings. The van der Waals surface area contributed by atoms with Crippen molar-refractivity contribution in [3.8, 4) is 0 Å². The molecule has 0 radical (unpaired) electrons. The molecule has 0 unspecified atom stereocenters. The highest BCUT2D eigenvalue weighted by molar-refractivity contribution is 5.94. The van der Waals surface area contributed by atoms with Crippen LogP contribution in [0.2, 0.25) is 0 Å². The number of hydrogen-bond acceptors (Lipinski definition) is 3. The number of nitrogens with one attached hydrogen (secondary N) is 1. The summed E-state index contributed by atoms with van der Waals surface area (Å²) in [5.74, 6) is -1.66. The van der Waals surface area contributed by atoms with Gasteiger partial charge in [-0.3, -0.25) is 14.4 Å². The molecule has 2 rings (SSSR count). The predicted octanol–water partition coefficient (Wildman–Crippen LogP) is 0.350. The summed E-state index contributed by atoms with van der Waals surface area (Å²) < 4.78 is 0. The summed E-state index contributed by atoms with van der Waals surface area (Å²) in [6.07, 6.45) is 0.185. The lowest BCUT2D eigenvalue weighted by Crippen LogP contribution is -2.53. The monoisotopic (exact) mass is 276 g/mol. The number of amides is 2. The zero-order valence-electron chi connectivity index (χ0n) is 10.9. The highest BCUT2D eigenvalue weighted by atomic mass is 16.4. The Hall–Kier alpha value is -2.37. The van der Waals surface area contributed by atoms with Crippen LogP contribution in [0.4, 0.5) is 0 Å². The van der Waals surface area contributed by atoms with E-state index in [4.69, 9.17) is 5.11 Å². The second-order valence-corrected chi connectivity index (χ2v) is 4.71. The van der Waals surface area contributed by atoms with Crippen molar-refractivity contribution in [2.75, 3.05) is 19.6 Å². The van der Waals surface area contributed by atoms with Gasteiger partial charge in [-0.1, -0.05) is 18.2 Å². The van der Waals surface area contributed by atoms with Crippen molar-refractivity contribution in [3.05, 3.63) is 35.9 Å². The van der Waals surface area contributed by atoms with Crippen LogP contribution in [0, 0.1) is 5.92 Å². The van der Waals surface area contributed by atoms with E-state index in [1.54, 1.807) is 24.3 Å². The predicted molar refractivity (Wildman–Crippen MR) is 71.1 cm³/mol. The highest BCUT2D eigenvalue weighted by Crippen LogP contribution is 2.16. The summed E-state index contributed by atoms with van der Waals surface area (Å²) in [6, 6.07) is 8.76. The largest absolute Gasteiger partial charge is 0.481 e. The molecule has 6 nitrogen and oxygen atoms in total. The van der Waals surface area contributed by atoms with Gasteiger partial charge in [0.2, 0.25) is 5.91 Å². The maximum atomic E-state index is 11.7. The Balaban J connectivity index is 1.68. The van der Waals surface area contributed by atoms with Crippen molar-refractivity contribution in [1.29, 1.82) is 0 Å². The van der Waals surface area contributed by atoms with Gasteiger partial charge in [-0.05, 0) is 12.1 Å². The van der Waals surface area contributed by atoms with Gasteiger partial charge in [0.15, 0.2) is 0 Å². The van der Waals surface area contributed by atoms with Crippen LogP contribution in [-0.2, 0) is 9.59 Å². The Morgan fingerprint density at radius 3 is 2.45 bits per heavy atom. The third kappa shape index (κ3) is 3.34. The molecule has 106 valence electrons. The first-order valence-electron chi connectivity index (χ1n) is 6.42. The van der Waals surface area contributed by atoms with Gasteiger partial charge in [-0.25, -0.2) is 0 Å². The number of hydrogen-bond donors (Lipinski definition) is 2.